The van der Waals surface area contributed by atoms with Crippen molar-refractivity contribution in [2.75, 3.05) is 0 Å². The smallest absolute Gasteiger partial charge is 0.0414 e. The number of carboxylic acid groups (broad SMARTS) is 5. The van der Waals surface area contributed by atoms with Gasteiger partial charge in [-0.15, -0.1) is 0 Å². The second kappa shape index (κ2) is 107. The van der Waals surface area contributed by atoms with Gasteiger partial charge in [-0.1, -0.05) is 484 Å². The van der Waals surface area contributed by atoms with E-state index in [1.165, 1.54) is 417 Å². The maximum absolute atomic E-state index is 10.2. The molecule has 101 heavy (non-hydrogen) atoms. The van der Waals surface area contributed by atoms with Crippen LogP contribution in [0.5, 0.6) is 0 Å². The van der Waals surface area contributed by atoms with E-state index >= 15 is 0 Å². The van der Waals surface area contributed by atoms with Crippen molar-refractivity contribution < 1.29 is 68.1 Å². The van der Waals surface area contributed by atoms with Crippen LogP contribution in [0.25, 0.3) is 0 Å². The molecule has 0 bridgehead atoms. The standard InChI is InChI=1S/5C18H36O2.V/c5*1-2-3-4-5-6-7-8-9-10-11-12-13-14-15-16-17-18(19)20;/h5*2-17H2,1H3,(H,19,20);/p-5. The Bertz CT molecular complexity index is 1270. The van der Waals surface area contributed by atoms with Crippen molar-refractivity contribution in [3.63, 3.8) is 0 Å². The quantitative estimate of drug-likeness (QED) is 0.0528. The maximum atomic E-state index is 10.2. The maximum Gasteiger partial charge on any atom is 0.0414 e. The van der Waals surface area contributed by atoms with Crippen molar-refractivity contribution in [3.05, 3.63) is 0 Å². The summed E-state index contributed by atoms with van der Waals surface area (Å²) in [4.78, 5) is 51.1. The zero-order valence-corrected chi connectivity index (χ0v) is 70.0. The first-order valence-electron chi connectivity index (χ1n) is 44.8. The number of unbranched alkanes of at least 4 members (excludes halogenated alkanes) is 70. The summed E-state index contributed by atoms with van der Waals surface area (Å²) in [6.45, 7) is 11.3. The summed E-state index contributed by atoms with van der Waals surface area (Å²) in [5, 5.41) is 51.1. The molecule has 0 spiro atoms. The molecule has 0 aromatic heterocycles. The fourth-order valence-electron chi connectivity index (χ4n) is 13.2. The van der Waals surface area contributed by atoms with Crippen molar-refractivity contribution in [2.24, 2.45) is 0 Å². The summed E-state index contributed by atoms with van der Waals surface area (Å²) in [6.07, 6.45) is 99.3. The predicted molar refractivity (Wildman–Crippen MR) is 423 cm³/mol. The van der Waals surface area contributed by atoms with Gasteiger partial charge in [0.2, 0.25) is 0 Å². The SMILES string of the molecule is CCCCCCCCCCCCCCCCCC(=O)[O-].CCCCCCCCCCCCCCCCCC(=O)[O-].CCCCCCCCCCCCCCCCCC(=O)[O-].CCCCCCCCCCCCCCCCCC(=O)[O-].CCCCCCCCCCCCCCCCCC(=O)[O-].[V]. The van der Waals surface area contributed by atoms with Gasteiger partial charge in [-0.3, -0.25) is 0 Å². The van der Waals surface area contributed by atoms with Gasteiger partial charge < -0.3 is 49.5 Å². The summed E-state index contributed by atoms with van der Waals surface area (Å²) >= 11 is 0. The number of aliphatic carboxylic acids is 5. The molecular weight excluding hydrogens is 1290 g/mol. The molecule has 0 saturated heterocycles. The third-order valence-corrected chi connectivity index (χ3v) is 19.9. The molecule has 0 fully saturated rings. The summed E-state index contributed by atoms with van der Waals surface area (Å²) in [5.41, 5.74) is 0. The van der Waals surface area contributed by atoms with Gasteiger partial charge >= 0.3 is 0 Å². The third-order valence-electron chi connectivity index (χ3n) is 19.9. The molecule has 11 heteroatoms. The Morgan fingerprint density at radius 3 is 0.248 bits per heavy atom. The van der Waals surface area contributed by atoms with Crippen LogP contribution in [-0.4, -0.2) is 29.8 Å². The first-order valence-corrected chi connectivity index (χ1v) is 44.8. The van der Waals surface area contributed by atoms with Gasteiger partial charge in [0.25, 0.3) is 0 Å². The number of rotatable bonds is 80. The molecule has 0 unspecified atom stereocenters. The molecule has 0 atom stereocenters. The van der Waals surface area contributed by atoms with E-state index in [0.717, 1.165) is 64.2 Å². The first kappa shape index (κ1) is 110. The van der Waals surface area contributed by atoms with E-state index in [-0.39, 0.29) is 50.7 Å². The molecule has 0 rings (SSSR count). The molecule has 0 amide bonds. The van der Waals surface area contributed by atoms with Crippen molar-refractivity contribution in [1.29, 1.82) is 0 Å². The molecule has 0 aliphatic carbocycles. The van der Waals surface area contributed by atoms with Gasteiger partial charge in [0.1, 0.15) is 0 Å². The topological polar surface area (TPSA) is 201 Å². The Morgan fingerprint density at radius 1 is 0.129 bits per heavy atom. The van der Waals surface area contributed by atoms with E-state index in [1.807, 2.05) is 0 Å². The van der Waals surface area contributed by atoms with Crippen LogP contribution in [0.2, 0.25) is 0 Å². The van der Waals surface area contributed by atoms with E-state index in [2.05, 4.69) is 34.6 Å². The molecule has 0 heterocycles. The molecule has 0 saturated carbocycles. The van der Waals surface area contributed by atoms with Crippen LogP contribution in [-0.2, 0) is 42.5 Å². The van der Waals surface area contributed by atoms with Crippen LogP contribution in [0.1, 0.15) is 548 Å². The molecule has 0 aliphatic rings. The molecular formula is C90H175O10V-5. The minimum absolute atomic E-state index is 0. The molecule has 0 aromatic carbocycles. The Morgan fingerprint density at radius 2 is 0.188 bits per heavy atom. The van der Waals surface area contributed by atoms with Gasteiger partial charge in [0, 0.05) is 48.4 Å². The fraction of sp³-hybridized carbons (Fsp3) is 0.944. The van der Waals surface area contributed by atoms with Crippen molar-refractivity contribution in [2.45, 2.75) is 548 Å². The van der Waals surface area contributed by atoms with Gasteiger partial charge in [0.15, 0.2) is 0 Å². The van der Waals surface area contributed by atoms with Crippen molar-refractivity contribution in [3.8, 4) is 0 Å². The van der Waals surface area contributed by atoms with Crippen molar-refractivity contribution in [1.82, 2.24) is 0 Å². The summed E-state index contributed by atoms with van der Waals surface area (Å²) in [7, 11) is 0. The first-order chi connectivity index (χ1) is 48.9. The molecule has 0 aliphatic heterocycles. The average Bonchev–Trinajstić information content (AvgIpc) is 3.67. The van der Waals surface area contributed by atoms with E-state index in [9.17, 15) is 49.5 Å². The number of hydrogen-bond donors (Lipinski definition) is 0. The zero-order valence-electron chi connectivity index (χ0n) is 68.6. The second-order valence-electron chi connectivity index (χ2n) is 30.4. The number of hydrogen-bond acceptors (Lipinski definition) is 10. The summed E-state index contributed by atoms with van der Waals surface area (Å²) in [5.74, 6) is -4.52. The van der Waals surface area contributed by atoms with Crippen LogP contribution in [0.4, 0.5) is 0 Å². The molecule has 10 nitrogen and oxygen atoms in total. The van der Waals surface area contributed by atoms with Crippen LogP contribution in [0.15, 0.2) is 0 Å². The number of carbonyl (C=O) groups excluding carboxylic acids is 5. The van der Waals surface area contributed by atoms with Crippen molar-refractivity contribution >= 4 is 29.8 Å². The monoisotopic (exact) mass is 1470 g/mol. The largest absolute Gasteiger partial charge is 0.550 e. The number of carbonyl (C=O) groups is 5. The zero-order chi connectivity index (χ0) is 74.5. The second-order valence-corrected chi connectivity index (χ2v) is 30.4. The molecule has 0 N–H and O–H groups in total. The Balaban J connectivity index is -0.000000279. The van der Waals surface area contributed by atoms with E-state index in [1.54, 1.807) is 0 Å². The van der Waals surface area contributed by atoms with E-state index < -0.39 is 29.8 Å². The average molecular weight is 1470 g/mol. The Hall–Kier alpha value is -2.07. The normalized spacial score (nSPS) is 10.7. The number of carboxylic acids is 5. The van der Waals surface area contributed by atoms with E-state index in [4.69, 9.17) is 0 Å². The molecule has 0 aromatic rings. The van der Waals surface area contributed by atoms with Crippen LogP contribution in [0, 0.1) is 0 Å². The van der Waals surface area contributed by atoms with Gasteiger partial charge in [-0.05, 0) is 64.2 Å². The summed E-state index contributed by atoms with van der Waals surface area (Å²) < 4.78 is 0. The molecule has 1 radical (unpaired) electrons. The fourth-order valence-corrected chi connectivity index (χ4v) is 13.2. The minimum atomic E-state index is -0.903. The van der Waals surface area contributed by atoms with E-state index in [0.29, 0.717) is 0 Å². The Labute approximate surface area is 642 Å². The predicted octanol–water partition coefficient (Wildman–Crippen LogP) is 25.0. The third kappa shape index (κ3) is 131. The van der Waals surface area contributed by atoms with Crippen LogP contribution < -0.4 is 25.5 Å². The molecule has 605 valence electrons. The summed E-state index contributed by atoms with van der Waals surface area (Å²) in [6, 6.07) is 0. The van der Waals surface area contributed by atoms with Gasteiger partial charge in [0.05, 0.1) is 0 Å². The Kier molecular flexibility index (Phi) is 116. The van der Waals surface area contributed by atoms with Gasteiger partial charge in [-0.25, -0.2) is 0 Å². The van der Waals surface area contributed by atoms with Crippen LogP contribution in [0.3, 0.4) is 0 Å². The minimum Gasteiger partial charge on any atom is -0.550 e. The van der Waals surface area contributed by atoms with Gasteiger partial charge in [-0.2, -0.15) is 0 Å². The van der Waals surface area contributed by atoms with Crippen LogP contribution >= 0.6 is 0 Å².